The third-order valence-corrected chi connectivity index (χ3v) is 6.77. The van der Waals surface area contributed by atoms with Gasteiger partial charge in [-0.15, -0.1) is 11.8 Å². The van der Waals surface area contributed by atoms with Crippen molar-refractivity contribution in [3.05, 3.63) is 77.7 Å². The highest BCUT2D eigenvalue weighted by Gasteiger charge is 2.24. The fourth-order valence-electron chi connectivity index (χ4n) is 4.06. The van der Waals surface area contributed by atoms with Gasteiger partial charge in [0.1, 0.15) is 17.9 Å². The van der Waals surface area contributed by atoms with Gasteiger partial charge < -0.3 is 19.4 Å². The Balaban J connectivity index is 1.34. The third kappa shape index (κ3) is 4.86. The fraction of sp³-hybridized carbons (Fsp3) is 0.286. The molecule has 4 aromatic rings. The molecular weight excluding hydrogens is 458 g/mol. The Morgan fingerprint density at radius 1 is 1.09 bits per heavy atom. The maximum atomic E-state index is 12.8. The van der Waals surface area contributed by atoms with Gasteiger partial charge in [-0.25, -0.2) is 4.98 Å². The minimum absolute atomic E-state index is 0.125. The van der Waals surface area contributed by atoms with E-state index in [2.05, 4.69) is 54.2 Å². The summed E-state index contributed by atoms with van der Waals surface area (Å²) in [6, 6.07) is 19.9. The largest absolute Gasteiger partial charge is 0.490 e. The first kappa shape index (κ1) is 23.3. The lowest BCUT2D eigenvalue weighted by Gasteiger charge is -2.31. The molecule has 1 aromatic heterocycles. The van der Waals surface area contributed by atoms with Crippen molar-refractivity contribution in [1.82, 2.24) is 10.3 Å². The van der Waals surface area contributed by atoms with E-state index in [-0.39, 0.29) is 11.3 Å². The Morgan fingerprint density at radius 3 is 2.63 bits per heavy atom. The molecule has 35 heavy (non-hydrogen) atoms. The molecule has 5 rings (SSSR count). The zero-order valence-corrected chi connectivity index (χ0v) is 21.2. The Kier molecular flexibility index (Phi) is 6.19. The zero-order chi connectivity index (χ0) is 24.6. The summed E-state index contributed by atoms with van der Waals surface area (Å²) in [6.45, 7) is 7.98. The fourth-order valence-corrected chi connectivity index (χ4v) is 4.47. The number of amides is 1. The highest BCUT2D eigenvalue weighted by Crippen LogP contribution is 2.38. The molecule has 1 aliphatic heterocycles. The van der Waals surface area contributed by atoms with Crippen LogP contribution in [0.5, 0.6) is 5.75 Å². The molecule has 7 heteroatoms. The SMILES string of the molecule is CSc1ccc(CNC(=O)c2ccc3c(c2)OCCN3c2ccc3nc(C(C)(C)C)oc3c2)cc1. The van der Waals surface area contributed by atoms with E-state index in [0.29, 0.717) is 31.0 Å². The Morgan fingerprint density at radius 2 is 1.89 bits per heavy atom. The Labute approximate surface area is 209 Å². The number of carbonyl (C=O) groups excluding carboxylic acids is 1. The highest BCUT2D eigenvalue weighted by molar-refractivity contribution is 7.98. The van der Waals surface area contributed by atoms with E-state index in [4.69, 9.17) is 9.15 Å². The van der Waals surface area contributed by atoms with E-state index < -0.39 is 0 Å². The first-order valence-electron chi connectivity index (χ1n) is 11.7. The lowest BCUT2D eigenvalue weighted by Crippen LogP contribution is -2.29. The average molecular weight is 488 g/mol. The summed E-state index contributed by atoms with van der Waals surface area (Å²) in [5.74, 6) is 1.30. The second-order valence-corrected chi connectivity index (χ2v) is 10.5. The number of benzene rings is 3. The molecule has 0 saturated carbocycles. The number of nitrogens with zero attached hydrogens (tertiary/aromatic N) is 2. The van der Waals surface area contributed by atoms with Crippen molar-refractivity contribution in [2.24, 2.45) is 0 Å². The first-order valence-corrected chi connectivity index (χ1v) is 12.9. The van der Waals surface area contributed by atoms with E-state index >= 15 is 0 Å². The summed E-state index contributed by atoms with van der Waals surface area (Å²) in [5.41, 5.74) is 5.03. The molecule has 0 unspecified atom stereocenters. The van der Waals surface area contributed by atoms with Crippen LogP contribution in [0.2, 0.25) is 0 Å². The predicted octanol–water partition coefficient (Wildman–Crippen LogP) is 6.31. The maximum Gasteiger partial charge on any atom is 0.251 e. The van der Waals surface area contributed by atoms with Crippen molar-refractivity contribution in [2.75, 3.05) is 24.3 Å². The van der Waals surface area contributed by atoms with Crippen LogP contribution in [0.25, 0.3) is 11.1 Å². The number of nitrogens with one attached hydrogen (secondary N) is 1. The number of anilines is 2. The van der Waals surface area contributed by atoms with Crippen LogP contribution in [0.3, 0.4) is 0 Å². The number of hydrogen-bond donors (Lipinski definition) is 1. The second kappa shape index (κ2) is 9.30. The molecule has 1 amide bonds. The summed E-state index contributed by atoms with van der Waals surface area (Å²) in [7, 11) is 0. The van der Waals surface area contributed by atoms with Crippen molar-refractivity contribution in [3.63, 3.8) is 0 Å². The van der Waals surface area contributed by atoms with Gasteiger partial charge in [-0.3, -0.25) is 4.79 Å². The van der Waals surface area contributed by atoms with Gasteiger partial charge in [0.25, 0.3) is 5.91 Å². The number of thioether (sulfide) groups is 1. The van der Waals surface area contributed by atoms with Crippen LogP contribution in [0.4, 0.5) is 11.4 Å². The van der Waals surface area contributed by atoms with Gasteiger partial charge in [0.15, 0.2) is 5.58 Å². The van der Waals surface area contributed by atoms with Gasteiger partial charge in [0, 0.05) is 34.2 Å². The number of aromatic nitrogens is 1. The number of ether oxygens (including phenoxy) is 1. The molecular formula is C28H29N3O3S. The van der Waals surface area contributed by atoms with Gasteiger partial charge in [0.05, 0.1) is 12.2 Å². The van der Waals surface area contributed by atoms with Crippen molar-refractivity contribution < 1.29 is 13.9 Å². The van der Waals surface area contributed by atoms with E-state index in [0.717, 1.165) is 33.9 Å². The third-order valence-electron chi connectivity index (χ3n) is 6.02. The molecule has 2 heterocycles. The molecule has 180 valence electrons. The lowest BCUT2D eigenvalue weighted by atomic mass is 9.97. The standard InChI is InChI=1S/C28H29N3O3S/c1-28(2,3)27-30-22-11-8-20(16-24(22)34-27)31-13-14-33-25-15-19(7-12-23(25)31)26(32)29-17-18-5-9-21(35-4)10-6-18/h5-12,15-16H,13-14,17H2,1-4H3,(H,29,32). The monoisotopic (exact) mass is 487 g/mol. The van der Waals surface area contributed by atoms with Crippen LogP contribution < -0.4 is 15.0 Å². The predicted molar refractivity (Wildman–Crippen MR) is 141 cm³/mol. The zero-order valence-electron chi connectivity index (χ0n) is 20.4. The molecule has 0 bridgehead atoms. The molecule has 0 saturated heterocycles. The normalized spacial score (nSPS) is 13.4. The maximum absolute atomic E-state index is 12.8. The Bertz CT molecular complexity index is 1370. The molecule has 0 atom stereocenters. The van der Waals surface area contributed by atoms with Gasteiger partial charge in [-0.05, 0) is 54.3 Å². The number of carbonyl (C=O) groups is 1. The average Bonchev–Trinajstić information content (AvgIpc) is 3.31. The smallest absolute Gasteiger partial charge is 0.251 e. The van der Waals surface area contributed by atoms with E-state index in [1.807, 2.05) is 48.7 Å². The van der Waals surface area contributed by atoms with Crippen molar-refractivity contribution in [3.8, 4) is 5.75 Å². The van der Waals surface area contributed by atoms with Gasteiger partial charge >= 0.3 is 0 Å². The van der Waals surface area contributed by atoms with Gasteiger partial charge in [-0.1, -0.05) is 32.9 Å². The molecule has 3 aromatic carbocycles. The van der Waals surface area contributed by atoms with E-state index in [9.17, 15) is 4.79 Å². The molecule has 0 spiro atoms. The topological polar surface area (TPSA) is 67.6 Å². The molecule has 0 fully saturated rings. The lowest BCUT2D eigenvalue weighted by molar-refractivity contribution is 0.0950. The number of hydrogen-bond acceptors (Lipinski definition) is 6. The summed E-state index contributed by atoms with van der Waals surface area (Å²) in [4.78, 5) is 20.8. The van der Waals surface area contributed by atoms with Gasteiger partial charge in [-0.2, -0.15) is 0 Å². The van der Waals surface area contributed by atoms with E-state index in [1.54, 1.807) is 11.8 Å². The molecule has 0 aliphatic carbocycles. The summed E-state index contributed by atoms with van der Waals surface area (Å²) in [6.07, 6.45) is 2.05. The van der Waals surface area contributed by atoms with Crippen LogP contribution in [0.15, 0.2) is 70.0 Å². The highest BCUT2D eigenvalue weighted by atomic mass is 32.2. The van der Waals surface area contributed by atoms with Crippen LogP contribution in [-0.2, 0) is 12.0 Å². The molecule has 1 N–H and O–H groups in total. The van der Waals surface area contributed by atoms with Crippen molar-refractivity contribution in [1.29, 1.82) is 0 Å². The molecule has 6 nitrogen and oxygen atoms in total. The van der Waals surface area contributed by atoms with Crippen LogP contribution in [-0.4, -0.2) is 30.3 Å². The summed E-state index contributed by atoms with van der Waals surface area (Å²) < 4.78 is 12.0. The van der Waals surface area contributed by atoms with Crippen LogP contribution in [0.1, 0.15) is 42.6 Å². The summed E-state index contributed by atoms with van der Waals surface area (Å²) >= 11 is 1.70. The summed E-state index contributed by atoms with van der Waals surface area (Å²) in [5, 5.41) is 3.00. The van der Waals surface area contributed by atoms with Crippen LogP contribution >= 0.6 is 11.8 Å². The number of fused-ring (bicyclic) bond motifs is 2. The first-order chi connectivity index (χ1) is 16.8. The van der Waals surface area contributed by atoms with Crippen molar-refractivity contribution >= 4 is 40.1 Å². The Hall–Kier alpha value is -3.45. The second-order valence-electron chi connectivity index (χ2n) is 9.63. The molecule has 1 aliphatic rings. The van der Waals surface area contributed by atoms with Crippen LogP contribution in [0, 0.1) is 0 Å². The minimum atomic E-state index is -0.153. The van der Waals surface area contributed by atoms with Crippen molar-refractivity contribution in [2.45, 2.75) is 37.6 Å². The number of oxazole rings is 1. The number of rotatable bonds is 5. The van der Waals surface area contributed by atoms with E-state index in [1.165, 1.54) is 4.90 Å². The quantitative estimate of drug-likeness (QED) is 0.333. The molecule has 0 radical (unpaired) electrons. The van der Waals surface area contributed by atoms with Gasteiger partial charge in [0.2, 0.25) is 5.89 Å². The minimum Gasteiger partial charge on any atom is -0.490 e.